The summed E-state index contributed by atoms with van der Waals surface area (Å²) in [5, 5.41) is 7.16. The SMILES string of the molecule is O=C(Nc1ccn(Cc2ccncc2)n1)c1ccc2c(c1)OCCO2. The molecule has 126 valence electrons. The molecule has 0 saturated carbocycles. The third-order valence-corrected chi connectivity index (χ3v) is 3.78. The molecule has 3 heterocycles. The number of benzene rings is 1. The summed E-state index contributed by atoms with van der Waals surface area (Å²) in [5.74, 6) is 1.49. The summed E-state index contributed by atoms with van der Waals surface area (Å²) in [5.41, 5.74) is 1.58. The van der Waals surface area contributed by atoms with E-state index >= 15 is 0 Å². The van der Waals surface area contributed by atoms with Gasteiger partial charge in [-0.05, 0) is 35.9 Å². The van der Waals surface area contributed by atoms with Crippen molar-refractivity contribution >= 4 is 11.7 Å². The Morgan fingerprint density at radius 3 is 2.72 bits per heavy atom. The van der Waals surface area contributed by atoms with Gasteiger partial charge in [0.05, 0.1) is 6.54 Å². The molecule has 1 aliphatic heterocycles. The normalized spacial score (nSPS) is 12.6. The van der Waals surface area contributed by atoms with Crippen molar-refractivity contribution in [2.24, 2.45) is 0 Å². The molecule has 3 aromatic rings. The molecule has 25 heavy (non-hydrogen) atoms. The maximum atomic E-state index is 12.4. The number of carbonyl (C=O) groups is 1. The lowest BCUT2D eigenvalue weighted by Gasteiger charge is -2.18. The Labute approximate surface area is 144 Å². The van der Waals surface area contributed by atoms with Gasteiger partial charge in [-0.1, -0.05) is 0 Å². The number of nitrogens with one attached hydrogen (secondary N) is 1. The van der Waals surface area contributed by atoms with E-state index in [0.29, 0.717) is 42.6 Å². The smallest absolute Gasteiger partial charge is 0.257 e. The van der Waals surface area contributed by atoms with Crippen molar-refractivity contribution in [3.8, 4) is 11.5 Å². The topological polar surface area (TPSA) is 78.3 Å². The van der Waals surface area contributed by atoms with E-state index in [9.17, 15) is 4.79 Å². The van der Waals surface area contributed by atoms with Gasteiger partial charge < -0.3 is 14.8 Å². The van der Waals surface area contributed by atoms with Crippen LogP contribution in [0.25, 0.3) is 0 Å². The predicted octanol–water partition coefficient (Wildman–Crippen LogP) is 2.35. The molecule has 0 spiro atoms. The van der Waals surface area contributed by atoms with Crippen molar-refractivity contribution in [3.63, 3.8) is 0 Å². The second-order valence-electron chi connectivity index (χ2n) is 5.57. The van der Waals surface area contributed by atoms with Crippen LogP contribution in [0.3, 0.4) is 0 Å². The molecule has 0 fully saturated rings. The standard InChI is InChI=1S/C18H16N4O3/c23-18(14-1-2-15-16(11-14)25-10-9-24-15)20-17-5-8-22(21-17)12-13-3-6-19-7-4-13/h1-8,11H,9-10,12H2,(H,20,21,23). The molecular weight excluding hydrogens is 320 g/mol. The first kappa shape index (κ1) is 15.2. The maximum Gasteiger partial charge on any atom is 0.257 e. The number of anilines is 1. The van der Waals surface area contributed by atoms with Gasteiger partial charge in [0.2, 0.25) is 0 Å². The summed E-state index contributed by atoms with van der Waals surface area (Å²) in [6, 6.07) is 10.7. The van der Waals surface area contributed by atoms with Gasteiger partial charge >= 0.3 is 0 Å². The number of carbonyl (C=O) groups excluding carboxylic acids is 1. The second-order valence-corrected chi connectivity index (χ2v) is 5.57. The van der Waals surface area contributed by atoms with Crippen LogP contribution in [0.15, 0.2) is 55.0 Å². The van der Waals surface area contributed by atoms with Gasteiger partial charge in [-0.3, -0.25) is 14.5 Å². The summed E-state index contributed by atoms with van der Waals surface area (Å²) in [4.78, 5) is 16.4. The molecule has 0 unspecified atom stereocenters. The van der Waals surface area contributed by atoms with Crippen molar-refractivity contribution in [2.75, 3.05) is 18.5 Å². The van der Waals surface area contributed by atoms with Crippen LogP contribution >= 0.6 is 0 Å². The molecule has 0 aliphatic carbocycles. The number of hydrogen-bond acceptors (Lipinski definition) is 5. The van der Waals surface area contributed by atoms with E-state index in [1.807, 2.05) is 18.3 Å². The number of ether oxygens (including phenoxy) is 2. The summed E-state index contributed by atoms with van der Waals surface area (Å²) >= 11 is 0. The van der Waals surface area contributed by atoms with Crippen molar-refractivity contribution in [3.05, 3.63) is 66.1 Å². The second kappa shape index (κ2) is 6.64. The summed E-state index contributed by atoms with van der Waals surface area (Å²) in [6.07, 6.45) is 5.30. The number of aromatic nitrogens is 3. The zero-order valence-electron chi connectivity index (χ0n) is 13.4. The highest BCUT2D eigenvalue weighted by Crippen LogP contribution is 2.30. The van der Waals surface area contributed by atoms with Crippen molar-refractivity contribution < 1.29 is 14.3 Å². The Kier molecular flexibility index (Phi) is 4.04. The minimum Gasteiger partial charge on any atom is -0.486 e. The Balaban J connectivity index is 1.44. The van der Waals surface area contributed by atoms with Crippen LogP contribution in [-0.2, 0) is 6.54 Å². The van der Waals surface area contributed by atoms with Gasteiger partial charge in [-0.25, -0.2) is 0 Å². The van der Waals surface area contributed by atoms with Crippen LogP contribution in [0.5, 0.6) is 11.5 Å². The van der Waals surface area contributed by atoms with E-state index in [-0.39, 0.29) is 5.91 Å². The lowest BCUT2D eigenvalue weighted by molar-refractivity contribution is 0.102. The highest BCUT2D eigenvalue weighted by Gasteiger charge is 2.15. The Morgan fingerprint density at radius 1 is 1.08 bits per heavy atom. The molecule has 0 radical (unpaired) electrons. The van der Waals surface area contributed by atoms with Crippen LogP contribution in [0.4, 0.5) is 5.82 Å². The number of fused-ring (bicyclic) bond motifs is 1. The van der Waals surface area contributed by atoms with Crippen LogP contribution in [0.2, 0.25) is 0 Å². The molecule has 1 amide bonds. The van der Waals surface area contributed by atoms with Gasteiger partial charge in [0, 0.05) is 30.2 Å². The van der Waals surface area contributed by atoms with E-state index in [1.165, 1.54) is 0 Å². The van der Waals surface area contributed by atoms with E-state index in [2.05, 4.69) is 15.4 Å². The van der Waals surface area contributed by atoms with Crippen molar-refractivity contribution in [1.29, 1.82) is 0 Å². The van der Waals surface area contributed by atoms with Crippen molar-refractivity contribution in [1.82, 2.24) is 14.8 Å². The van der Waals surface area contributed by atoms with Gasteiger partial charge in [0.1, 0.15) is 13.2 Å². The summed E-state index contributed by atoms with van der Waals surface area (Å²) in [6.45, 7) is 1.62. The first-order valence-electron chi connectivity index (χ1n) is 7.91. The average Bonchev–Trinajstić information content (AvgIpc) is 3.09. The van der Waals surface area contributed by atoms with Gasteiger partial charge in [0.25, 0.3) is 5.91 Å². The fourth-order valence-corrected chi connectivity index (χ4v) is 2.56. The van der Waals surface area contributed by atoms with E-state index in [1.54, 1.807) is 41.3 Å². The van der Waals surface area contributed by atoms with Crippen LogP contribution < -0.4 is 14.8 Å². The van der Waals surface area contributed by atoms with E-state index in [4.69, 9.17) is 9.47 Å². The highest BCUT2D eigenvalue weighted by atomic mass is 16.6. The quantitative estimate of drug-likeness (QED) is 0.791. The molecular formula is C18H16N4O3. The molecule has 0 atom stereocenters. The molecule has 1 aliphatic rings. The molecule has 7 nitrogen and oxygen atoms in total. The Morgan fingerprint density at radius 2 is 1.88 bits per heavy atom. The van der Waals surface area contributed by atoms with Gasteiger partial charge in [-0.15, -0.1) is 0 Å². The molecule has 0 saturated heterocycles. The largest absolute Gasteiger partial charge is 0.486 e. The maximum absolute atomic E-state index is 12.4. The van der Waals surface area contributed by atoms with Gasteiger partial charge in [-0.2, -0.15) is 5.10 Å². The fraction of sp³-hybridized carbons (Fsp3) is 0.167. The minimum atomic E-state index is -0.244. The zero-order chi connectivity index (χ0) is 17.1. The summed E-state index contributed by atoms with van der Waals surface area (Å²) < 4.78 is 12.7. The molecule has 0 bridgehead atoms. The first-order valence-corrected chi connectivity index (χ1v) is 7.91. The van der Waals surface area contributed by atoms with Crippen LogP contribution in [0.1, 0.15) is 15.9 Å². The molecule has 4 rings (SSSR count). The number of nitrogens with zero attached hydrogens (tertiary/aromatic N) is 3. The highest BCUT2D eigenvalue weighted by molar-refractivity contribution is 6.04. The molecule has 7 heteroatoms. The first-order chi connectivity index (χ1) is 12.3. The van der Waals surface area contributed by atoms with E-state index < -0.39 is 0 Å². The van der Waals surface area contributed by atoms with Gasteiger partial charge in [0.15, 0.2) is 17.3 Å². The molecule has 1 N–H and O–H groups in total. The average molecular weight is 336 g/mol. The monoisotopic (exact) mass is 336 g/mol. The lowest BCUT2D eigenvalue weighted by atomic mass is 10.2. The third kappa shape index (κ3) is 3.45. The Hall–Kier alpha value is -3.35. The number of hydrogen-bond donors (Lipinski definition) is 1. The third-order valence-electron chi connectivity index (χ3n) is 3.78. The number of pyridine rings is 1. The predicted molar refractivity (Wildman–Crippen MR) is 91.0 cm³/mol. The zero-order valence-corrected chi connectivity index (χ0v) is 13.4. The number of amides is 1. The van der Waals surface area contributed by atoms with Crippen molar-refractivity contribution in [2.45, 2.75) is 6.54 Å². The molecule has 1 aromatic carbocycles. The van der Waals surface area contributed by atoms with Crippen LogP contribution in [0, 0.1) is 0 Å². The van der Waals surface area contributed by atoms with E-state index in [0.717, 1.165) is 5.56 Å². The van der Waals surface area contributed by atoms with Crippen LogP contribution in [-0.4, -0.2) is 33.9 Å². The number of rotatable bonds is 4. The fourth-order valence-electron chi connectivity index (χ4n) is 2.56. The summed E-state index contributed by atoms with van der Waals surface area (Å²) in [7, 11) is 0. The molecule has 2 aromatic heterocycles. The minimum absolute atomic E-state index is 0.244. The Bertz CT molecular complexity index is 892. The lowest BCUT2D eigenvalue weighted by Crippen LogP contribution is -2.17.